The van der Waals surface area contributed by atoms with Gasteiger partial charge in [0, 0.05) is 43.0 Å². The topological polar surface area (TPSA) is 91.9 Å². The first-order valence-corrected chi connectivity index (χ1v) is 12.5. The number of aliphatic hydroxyl groups excluding tert-OH is 1. The normalized spacial score (nSPS) is 14.2. The van der Waals surface area contributed by atoms with Gasteiger partial charge in [-0.05, 0) is 48.4 Å². The zero-order chi connectivity index (χ0) is 27.6. The number of aliphatic hydroxyl groups is 1. The number of fused-ring (bicyclic) bond motifs is 1. The van der Waals surface area contributed by atoms with Gasteiger partial charge in [-0.1, -0.05) is 24.3 Å². The lowest BCUT2D eigenvalue weighted by Gasteiger charge is -2.34. The maximum atomic E-state index is 13.4. The first-order chi connectivity index (χ1) is 18.7. The molecule has 0 aliphatic carbocycles. The third-order valence-electron chi connectivity index (χ3n) is 6.54. The van der Waals surface area contributed by atoms with E-state index in [1.807, 2.05) is 24.0 Å². The number of anilines is 1. The number of benzene rings is 2. The summed E-state index contributed by atoms with van der Waals surface area (Å²) in [5.74, 6) is 0.0525. The number of amides is 1. The largest absolute Gasteiger partial charge is 0.493 e. The molecule has 8 nitrogen and oxygen atoms in total. The minimum Gasteiger partial charge on any atom is -0.493 e. The van der Waals surface area contributed by atoms with Crippen LogP contribution in [0.2, 0.25) is 0 Å². The number of hydrogen-bond acceptors (Lipinski definition) is 7. The molecule has 204 valence electrons. The molecule has 1 aliphatic heterocycles. The smallest absolute Gasteiger partial charge is 0.392 e. The lowest BCUT2D eigenvalue weighted by molar-refractivity contribution is -0.139. The van der Waals surface area contributed by atoms with E-state index in [1.54, 1.807) is 41.3 Å². The highest BCUT2D eigenvalue weighted by Gasteiger charge is 2.28. The van der Waals surface area contributed by atoms with Gasteiger partial charge in [-0.25, -0.2) is 4.98 Å². The molecule has 3 heterocycles. The second kappa shape index (κ2) is 10.9. The molecule has 0 saturated carbocycles. The fourth-order valence-electron chi connectivity index (χ4n) is 4.40. The van der Waals surface area contributed by atoms with E-state index in [1.165, 1.54) is 6.07 Å². The number of hydrogen-bond donors (Lipinski definition) is 1. The van der Waals surface area contributed by atoms with Crippen LogP contribution in [-0.4, -0.2) is 64.8 Å². The summed E-state index contributed by atoms with van der Waals surface area (Å²) in [5, 5.41) is 9.35. The average Bonchev–Trinajstić information content (AvgIpc) is 3.35. The predicted molar refractivity (Wildman–Crippen MR) is 139 cm³/mol. The number of carbonyl (C=O) groups is 1. The lowest BCUT2D eigenvalue weighted by atomic mass is 10.00. The maximum Gasteiger partial charge on any atom is 0.392 e. The Morgan fingerprint density at radius 2 is 1.77 bits per heavy atom. The van der Waals surface area contributed by atoms with Crippen molar-refractivity contribution < 1.29 is 32.2 Å². The Morgan fingerprint density at radius 3 is 2.46 bits per heavy atom. The molecule has 0 unspecified atom stereocenters. The van der Waals surface area contributed by atoms with Gasteiger partial charge in [-0.3, -0.25) is 4.79 Å². The molecule has 0 radical (unpaired) electrons. The van der Waals surface area contributed by atoms with Crippen LogP contribution in [-0.2, 0) is 6.61 Å². The standard InChI is InChI=1S/C28H27F3N4O4/c1-18-2-8-24-25(32-18)33-27(39-24)35-13-11-34(12-14-35)26(37)21-7-9-23(38-15-10-28(29,30)31)22(16-21)20-5-3-19(17-36)4-6-20/h2-9,16,36H,10-15,17H2,1H3. The van der Waals surface area contributed by atoms with Crippen molar-refractivity contribution in [2.24, 2.45) is 0 Å². The summed E-state index contributed by atoms with van der Waals surface area (Å²) in [6.07, 6.45) is -5.43. The average molecular weight is 541 g/mol. The van der Waals surface area contributed by atoms with E-state index in [9.17, 15) is 23.1 Å². The zero-order valence-electron chi connectivity index (χ0n) is 21.2. The van der Waals surface area contributed by atoms with Gasteiger partial charge in [-0.15, -0.1) is 0 Å². The molecule has 11 heteroatoms. The van der Waals surface area contributed by atoms with Gasteiger partial charge in [0.1, 0.15) is 5.75 Å². The molecule has 4 aromatic rings. The van der Waals surface area contributed by atoms with Crippen molar-refractivity contribution in [3.05, 3.63) is 71.4 Å². The van der Waals surface area contributed by atoms with Crippen molar-refractivity contribution in [2.75, 3.05) is 37.7 Å². The van der Waals surface area contributed by atoms with E-state index in [-0.39, 0.29) is 18.3 Å². The number of carbonyl (C=O) groups excluding carboxylic acids is 1. The van der Waals surface area contributed by atoms with Crippen LogP contribution in [0.1, 0.15) is 28.0 Å². The van der Waals surface area contributed by atoms with Crippen molar-refractivity contribution >= 4 is 23.2 Å². The van der Waals surface area contributed by atoms with Crippen LogP contribution in [0.4, 0.5) is 19.2 Å². The number of nitrogens with zero attached hydrogens (tertiary/aromatic N) is 4. The molecule has 1 amide bonds. The number of ether oxygens (including phenoxy) is 1. The molecular weight excluding hydrogens is 513 g/mol. The molecule has 2 aromatic carbocycles. The summed E-state index contributed by atoms with van der Waals surface area (Å²) in [5.41, 5.74) is 4.24. The Balaban J connectivity index is 1.32. The third kappa shape index (κ3) is 6.14. The van der Waals surface area contributed by atoms with E-state index >= 15 is 0 Å². The quantitative estimate of drug-likeness (QED) is 0.353. The third-order valence-corrected chi connectivity index (χ3v) is 6.54. The van der Waals surface area contributed by atoms with Crippen LogP contribution in [0.25, 0.3) is 22.4 Å². The first-order valence-electron chi connectivity index (χ1n) is 12.5. The molecule has 1 saturated heterocycles. The SMILES string of the molecule is Cc1ccc2oc(N3CCN(C(=O)c4ccc(OCCC(F)(F)F)c(-c5ccc(CO)cc5)c4)CC3)nc2n1. The molecular formula is C28H27F3N4O4. The summed E-state index contributed by atoms with van der Waals surface area (Å²) in [6, 6.07) is 15.8. The molecule has 0 bridgehead atoms. The van der Waals surface area contributed by atoms with Crippen LogP contribution in [0.15, 0.2) is 59.0 Å². The maximum absolute atomic E-state index is 13.4. The Bertz CT molecular complexity index is 1460. The van der Waals surface area contributed by atoms with Gasteiger partial charge >= 0.3 is 6.18 Å². The highest BCUT2D eigenvalue weighted by atomic mass is 19.4. The molecule has 2 aromatic heterocycles. The number of alkyl halides is 3. The Kier molecular flexibility index (Phi) is 7.42. The summed E-state index contributed by atoms with van der Waals surface area (Å²) in [6.45, 7) is 3.12. The van der Waals surface area contributed by atoms with E-state index in [2.05, 4.69) is 9.97 Å². The number of aryl methyl sites for hydroxylation is 1. The second-order valence-corrected chi connectivity index (χ2v) is 9.33. The van der Waals surface area contributed by atoms with Crippen molar-refractivity contribution in [1.29, 1.82) is 0 Å². The van der Waals surface area contributed by atoms with Gasteiger partial charge in [0.25, 0.3) is 11.9 Å². The molecule has 1 fully saturated rings. The first kappa shape index (κ1) is 26.5. The van der Waals surface area contributed by atoms with Crippen molar-refractivity contribution in [3.63, 3.8) is 0 Å². The van der Waals surface area contributed by atoms with Crippen LogP contribution in [0.5, 0.6) is 5.75 Å². The number of rotatable bonds is 7. The fraction of sp³-hybridized carbons (Fsp3) is 0.321. The highest BCUT2D eigenvalue weighted by molar-refractivity contribution is 5.96. The Hall–Kier alpha value is -4.12. The van der Waals surface area contributed by atoms with E-state index in [4.69, 9.17) is 9.15 Å². The molecule has 0 atom stereocenters. The van der Waals surface area contributed by atoms with Crippen LogP contribution in [0.3, 0.4) is 0 Å². The van der Waals surface area contributed by atoms with Gasteiger partial charge in [-0.2, -0.15) is 18.2 Å². The van der Waals surface area contributed by atoms with Crippen molar-refractivity contribution in [2.45, 2.75) is 26.1 Å². The van der Waals surface area contributed by atoms with Gasteiger partial charge in [0.05, 0.1) is 19.6 Å². The summed E-state index contributed by atoms with van der Waals surface area (Å²) < 4.78 is 49.3. The van der Waals surface area contributed by atoms with Gasteiger partial charge in [0.2, 0.25) is 5.65 Å². The monoisotopic (exact) mass is 540 g/mol. The molecule has 39 heavy (non-hydrogen) atoms. The van der Waals surface area contributed by atoms with Gasteiger partial charge < -0.3 is 24.1 Å². The Morgan fingerprint density at radius 1 is 1.03 bits per heavy atom. The fourth-order valence-corrected chi connectivity index (χ4v) is 4.40. The van der Waals surface area contributed by atoms with E-state index in [0.717, 1.165) is 5.69 Å². The number of aromatic nitrogens is 2. The minimum atomic E-state index is -4.34. The van der Waals surface area contributed by atoms with E-state index in [0.29, 0.717) is 65.7 Å². The number of pyridine rings is 1. The van der Waals surface area contributed by atoms with Gasteiger partial charge in [0.15, 0.2) is 5.58 Å². The summed E-state index contributed by atoms with van der Waals surface area (Å²) in [4.78, 5) is 25.9. The summed E-state index contributed by atoms with van der Waals surface area (Å²) >= 11 is 0. The van der Waals surface area contributed by atoms with Crippen LogP contribution >= 0.6 is 0 Å². The van der Waals surface area contributed by atoms with Crippen molar-refractivity contribution in [1.82, 2.24) is 14.9 Å². The lowest BCUT2D eigenvalue weighted by Crippen LogP contribution is -2.48. The number of oxazole rings is 1. The second-order valence-electron chi connectivity index (χ2n) is 9.33. The Labute approximate surface area is 222 Å². The number of halogens is 3. The van der Waals surface area contributed by atoms with E-state index < -0.39 is 19.2 Å². The van der Waals surface area contributed by atoms with Crippen LogP contribution < -0.4 is 9.64 Å². The highest BCUT2D eigenvalue weighted by Crippen LogP contribution is 2.33. The summed E-state index contributed by atoms with van der Waals surface area (Å²) in [7, 11) is 0. The molecule has 1 aliphatic rings. The predicted octanol–water partition coefficient (Wildman–Crippen LogP) is 4.98. The van der Waals surface area contributed by atoms with Crippen molar-refractivity contribution in [3.8, 4) is 16.9 Å². The zero-order valence-corrected chi connectivity index (χ0v) is 21.2. The molecule has 5 rings (SSSR count). The molecule has 0 spiro atoms. The van der Waals surface area contributed by atoms with Crippen LogP contribution in [0, 0.1) is 6.92 Å². The molecule has 1 N–H and O–H groups in total. The minimum absolute atomic E-state index is 0.139. The number of piperazine rings is 1.